The zero-order valence-electron chi connectivity index (χ0n) is 12.8. The van der Waals surface area contributed by atoms with Gasteiger partial charge >= 0.3 is 0 Å². The van der Waals surface area contributed by atoms with Gasteiger partial charge in [0.1, 0.15) is 0 Å². The monoisotopic (exact) mass is 266 g/mol. The second kappa shape index (κ2) is 5.82. The zero-order valence-corrected chi connectivity index (χ0v) is 12.8. The van der Waals surface area contributed by atoms with E-state index in [0.717, 1.165) is 44.1 Å². The number of amides is 1. The van der Waals surface area contributed by atoms with Crippen LogP contribution in [0.2, 0.25) is 0 Å². The number of carbonyl (C=O) groups excluding carboxylic acids is 1. The summed E-state index contributed by atoms with van der Waals surface area (Å²) in [6.45, 7) is 8.03. The molecular weight excluding hydrogens is 236 g/mol. The second-order valence-corrected chi connectivity index (χ2v) is 7.16. The van der Waals surface area contributed by atoms with E-state index in [1.807, 2.05) is 0 Å². The molecule has 0 heterocycles. The first-order valence-corrected chi connectivity index (χ1v) is 7.99. The highest BCUT2D eigenvalue weighted by molar-refractivity contribution is 5.83. The Morgan fingerprint density at radius 2 is 1.84 bits per heavy atom. The van der Waals surface area contributed by atoms with E-state index in [1.165, 1.54) is 12.8 Å². The van der Waals surface area contributed by atoms with Crippen molar-refractivity contribution in [3.05, 3.63) is 0 Å². The van der Waals surface area contributed by atoms with Crippen LogP contribution in [-0.2, 0) is 4.79 Å². The fourth-order valence-corrected chi connectivity index (χ4v) is 3.23. The highest BCUT2D eigenvalue weighted by Crippen LogP contribution is 2.41. The Hall–Kier alpha value is -0.570. The lowest BCUT2D eigenvalue weighted by Crippen LogP contribution is -2.52. The average molecular weight is 266 g/mol. The SMILES string of the molecule is CC1CCC(CN)(C(=O)N(CC2CC2)C(C)C)CC1. The van der Waals surface area contributed by atoms with E-state index in [2.05, 4.69) is 25.7 Å². The minimum atomic E-state index is -0.258. The van der Waals surface area contributed by atoms with Crippen LogP contribution in [0.25, 0.3) is 0 Å². The Kier molecular flexibility index (Phi) is 4.54. The van der Waals surface area contributed by atoms with Gasteiger partial charge in [0.25, 0.3) is 0 Å². The summed E-state index contributed by atoms with van der Waals surface area (Å²) in [5.74, 6) is 1.84. The number of carbonyl (C=O) groups is 1. The Bertz CT molecular complexity index is 315. The van der Waals surface area contributed by atoms with E-state index in [4.69, 9.17) is 5.73 Å². The summed E-state index contributed by atoms with van der Waals surface area (Å²) in [6.07, 6.45) is 6.86. The lowest BCUT2D eigenvalue weighted by Gasteiger charge is -2.42. The van der Waals surface area contributed by atoms with Crippen LogP contribution in [0.1, 0.15) is 59.3 Å². The van der Waals surface area contributed by atoms with Crippen LogP contribution in [0.15, 0.2) is 0 Å². The Morgan fingerprint density at radius 1 is 1.26 bits per heavy atom. The number of nitrogens with two attached hydrogens (primary N) is 1. The first-order valence-electron chi connectivity index (χ1n) is 7.99. The molecule has 3 heteroatoms. The molecule has 1 amide bonds. The highest BCUT2D eigenvalue weighted by atomic mass is 16.2. The quantitative estimate of drug-likeness (QED) is 0.831. The van der Waals surface area contributed by atoms with E-state index in [1.54, 1.807) is 0 Å². The van der Waals surface area contributed by atoms with Gasteiger partial charge in [-0.25, -0.2) is 0 Å². The zero-order chi connectivity index (χ0) is 14.0. The molecule has 0 aliphatic heterocycles. The van der Waals surface area contributed by atoms with Crippen molar-refractivity contribution in [3.8, 4) is 0 Å². The molecular formula is C16H30N2O. The molecule has 2 aliphatic rings. The van der Waals surface area contributed by atoms with E-state index in [0.29, 0.717) is 18.5 Å². The molecule has 0 aromatic rings. The van der Waals surface area contributed by atoms with Crippen LogP contribution in [0.4, 0.5) is 0 Å². The van der Waals surface area contributed by atoms with Crippen molar-refractivity contribution < 1.29 is 4.79 Å². The molecule has 2 rings (SSSR count). The maximum absolute atomic E-state index is 13.0. The van der Waals surface area contributed by atoms with E-state index in [-0.39, 0.29) is 5.41 Å². The summed E-state index contributed by atoms with van der Waals surface area (Å²) in [5.41, 5.74) is 5.76. The fraction of sp³-hybridized carbons (Fsp3) is 0.938. The number of hydrogen-bond donors (Lipinski definition) is 1. The van der Waals surface area contributed by atoms with Gasteiger partial charge in [-0.05, 0) is 64.2 Å². The molecule has 0 spiro atoms. The van der Waals surface area contributed by atoms with Crippen molar-refractivity contribution in [3.63, 3.8) is 0 Å². The molecule has 0 bridgehead atoms. The molecule has 3 nitrogen and oxygen atoms in total. The fourth-order valence-electron chi connectivity index (χ4n) is 3.23. The van der Waals surface area contributed by atoms with Gasteiger partial charge in [-0.15, -0.1) is 0 Å². The van der Waals surface area contributed by atoms with Gasteiger partial charge in [-0.2, -0.15) is 0 Å². The topological polar surface area (TPSA) is 46.3 Å². The summed E-state index contributed by atoms with van der Waals surface area (Å²) in [7, 11) is 0. The third kappa shape index (κ3) is 3.31. The minimum Gasteiger partial charge on any atom is -0.339 e. The summed E-state index contributed by atoms with van der Waals surface area (Å²) in [6, 6.07) is 0.302. The van der Waals surface area contributed by atoms with Crippen LogP contribution in [0.5, 0.6) is 0 Å². The second-order valence-electron chi connectivity index (χ2n) is 7.16. The van der Waals surface area contributed by atoms with Crippen LogP contribution in [-0.4, -0.2) is 29.9 Å². The molecule has 2 N–H and O–H groups in total. The average Bonchev–Trinajstić information content (AvgIpc) is 3.20. The predicted octanol–water partition coefficient (Wildman–Crippen LogP) is 2.79. The Labute approximate surface area is 117 Å². The molecule has 0 atom stereocenters. The molecule has 0 radical (unpaired) electrons. The Balaban J connectivity index is 2.08. The van der Waals surface area contributed by atoms with Gasteiger partial charge < -0.3 is 10.6 Å². The molecule has 0 aromatic carbocycles. The third-order valence-electron chi connectivity index (χ3n) is 5.11. The van der Waals surface area contributed by atoms with Crippen LogP contribution >= 0.6 is 0 Å². The number of hydrogen-bond acceptors (Lipinski definition) is 2. The van der Waals surface area contributed by atoms with E-state index in [9.17, 15) is 4.79 Å². The minimum absolute atomic E-state index is 0.258. The lowest BCUT2D eigenvalue weighted by atomic mass is 9.70. The van der Waals surface area contributed by atoms with Gasteiger partial charge in [0.05, 0.1) is 5.41 Å². The molecule has 0 saturated heterocycles. The molecule has 2 fully saturated rings. The van der Waals surface area contributed by atoms with Gasteiger partial charge in [0, 0.05) is 19.1 Å². The number of rotatable bonds is 5. The summed E-state index contributed by atoms with van der Waals surface area (Å²) in [5, 5.41) is 0. The van der Waals surface area contributed by atoms with Crippen LogP contribution < -0.4 is 5.73 Å². The predicted molar refractivity (Wildman–Crippen MR) is 78.7 cm³/mol. The molecule has 0 aromatic heterocycles. The Morgan fingerprint density at radius 3 is 2.26 bits per heavy atom. The number of nitrogens with zero attached hydrogens (tertiary/aromatic N) is 1. The van der Waals surface area contributed by atoms with Gasteiger partial charge in [-0.1, -0.05) is 6.92 Å². The highest BCUT2D eigenvalue weighted by Gasteiger charge is 2.43. The van der Waals surface area contributed by atoms with Crippen molar-refractivity contribution >= 4 is 5.91 Å². The summed E-state index contributed by atoms with van der Waals surface area (Å²) in [4.78, 5) is 15.1. The van der Waals surface area contributed by atoms with Crippen molar-refractivity contribution in [2.24, 2.45) is 23.0 Å². The molecule has 2 aliphatic carbocycles. The standard InChI is InChI=1S/C16H30N2O/c1-12(2)18(10-14-4-5-14)15(19)16(11-17)8-6-13(3)7-9-16/h12-14H,4-11,17H2,1-3H3. The van der Waals surface area contributed by atoms with Crippen LogP contribution in [0, 0.1) is 17.3 Å². The van der Waals surface area contributed by atoms with E-state index < -0.39 is 0 Å². The van der Waals surface area contributed by atoms with E-state index >= 15 is 0 Å². The van der Waals surface area contributed by atoms with Crippen molar-refractivity contribution in [1.29, 1.82) is 0 Å². The first-order chi connectivity index (χ1) is 8.98. The largest absolute Gasteiger partial charge is 0.339 e. The molecule has 0 unspecified atom stereocenters. The lowest BCUT2D eigenvalue weighted by molar-refractivity contribution is -0.146. The smallest absolute Gasteiger partial charge is 0.230 e. The van der Waals surface area contributed by atoms with Gasteiger partial charge in [0.2, 0.25) is 5.91 Å². The van der Waals surface area contributed by atoms with Crippen LogP contribution in [0.3, 0.4) is 0 Å². The maximum Gasteiger partial charge on any atom is 0.230 e. The van der Waals surface area contributed by atoms with Crippen molar-refractivity contribution in [1.82, 2.24) is 4.90 Å². The third-order valence-corrected chi connectivity index (χ3v) is 5.11. The normalized spacial score (nSPS) is 31.5. The molecule has 110 valence electrons. The van der Waals surface area contributed by atoms with Gasteiger partial charge in [-0.3, -0.25) is 4.79 Å². The van der Waals surface area contributed by atoms with Crippen molar-refractivity contribution in [2.45, 2.75) is 65.3 Å². The summed E-state index contributed by atoms with van der Waals surface area (Å²) >= 11 is 0. The summed E-state index contributed by atoms with van der Waals surface area (Å²) < 4.78 is 0. The molecule has 19 heavy (non-hydrogen) atoms. The maximum atomic E-state index is 13.0. The van der Waals surface area contributed by atoms with Gasteiger partial charge in [0.15, 0.2) is 0 Å². The molecule has 2 saturated carbocycles. The van der Waals surface area contributed by atoms with Crippen molar-refractivity contribution in [2.75, 3.05) is 13.1 Å². The first kappa shape index (κ1) is 14.8.